The minimum absolute atomic E-state index is 0.0797. The largest absolute Gasteiger partial charge is 0.491 e. The molecular weight excluding hydrogens is 408 g/mol. The Hall–Kier alpha value is -3.00. The average Bonchev–Trinajstić information content (AvgIpc) is 2.84. The van der Waals surface area contributed by atoms with Gasteiger partial charge in [0.1, 0.15) is 12.4 Å². The first-order chi connectivity index (χ1) is 15.6. The maximum Gasteiger partial charge on any atom is 0.291 e. The number of hydrogen-bond acceptors (Lipinski definition) is 6. The van der Waals surface area contributed by atoms with E-state index in [0.717, 1.165) is 25.0 Å². The van der Waals surface area contributed by atoms with Crippen molar-refractivity contribution >= 4 is 11.8 Å². The first-order valence-electron chi connectivity index (χ1n) is 11.3. The minimum Gasteiger partial charge on any atom is -0.491 e. The molecule has 1 saturated heterocycles. The van der Waals surface area contributed by atoms with E-state index >= 15 is 0 Å². The van der Waals surface area contributed by atoms with E-state index in [1.54, 1.807) is 28.3 Å². The molecule has 170 valence electrons. The molecule has 1 atom stereocenters. The molecule has 2 amide bonds. The number of para-hydroxylation sites is 1. The summed E-state index contributed by atoms with van der Waals surface area (Å²) in [5.41, 5.74) is 0.122. The maximum atomic E-state index is 13.7. The molecule has 8 heteroatoms. The first-order valence-corrected chi connectivity index (χ1v) is 11.3. The number of aromatic nitrogens is 2. The molecule has 3 heterocycles. The van der Waals surface area contributed by atoms with Gasteiger partial charge in [0.15, 0.2) is 5.60 Å². The van der Waals surface area contributed by atoms with Crippen molar-refractivity contribution in [2.75, 3.05) is 39.4 Å². The molecule has 1 aromatic carbocycles. The lowest BCUT2D eigenvalue weighted by atomic mass is 9.91. The Morgan fingerprint density at radius 2 is 1.91 bits per heavy atom. The lowest BCUT2D eigenvalue weighted by Crippen LogP contribution is -2.62. The highest BCUT2D eigenvalue weighted by Crippen LogP contribution is 2.30. The van der Waals surface area contributed by atoms with E-state index < -0.39 is 5.60 Å². The van der Waals surface area contributed by atoms with Gasteiger partial charge in [0, 0.05) is 25.5 Å². The van der Waals surface area contributed by atoms with Gasteiger partial charge in [-0.05, 0) is 50.3 Å². The second-order valence-corrected chi connectivity index (χ2v) is 8.19. The van der Waals surface area contributed by atoms with Gasteiger partial charge in [0.05, 0.1) is 19.7 Å². The molecule has 1 aromatic heterocycles. The van der Waals surface area contributed by atoms with Gasteiger partial charge >= 0.3 is 0 Å². The predicted octanol–water partition coefficient (Wildman–Crippen LogP) is 2.34. The monoisotopic (exact) mass is 438 g/mol. The number of nitrogens with zero attached hydrogens (tertiary/aromatic N) is 4. The Labute approximate surface area is 188 Å². The van der Waals surface area contributed by atoms with Crippen LogP contribution in [0.3, 0.4) is 0 Å². The number of rotatable bonds is 2. The number of hydrogen-bond donors (Lipinski definition) is 0. The molecule has 0 radical (unpaired) electrons. The molecule has 4 rings (SSSR count). The van der Waals surface area contributed by atoms with Crippen molar-refractivity contribution in [3.63, 3.8) is 0 Å². The number of benzene rings is 1. The van der Waals surface area contributed by atoms with Crippen LogP contribution in [0.2, 0.25) is 0 Å². The Morgan fingerprint density at radius 3 is 2.72 bits per heavy atom. The molecule has 0 saturated carbocycles. The normalized spacial score (nSPS) is 22.5. The quantitative estimate of drug-likeness (QED) is 0.716. The van der Waals surface area contributed by atoms with Crippen molar-refractivity contribution < 1.29 is 19.1 Å². The smallest absolute Gasteiger partial charge is 0.291 e. The third-order valence-corrected chi connectivity index (χ3v) is 6.16. The average molecular weight is 439 g/mol. The Balaban J connectivity index is 1.56. The van der Waals surface area contributed by atoms with Crippen molar-refractivity contribution in [1.29, 1.82) is 0 Å². The summed E-state index contributed by atoms with van der Waals surface area (Å²) >= 11 is 0. The molecule has 0 bridgehead atoms. The third kappa shape index (κ3) is 4.75. The van der Waals surface area contributed by atoms with Crippen molar-refractivity contribution in [3.8, 4) is 5.75 Å². The van der Waals surface area contributed by atoms with Crippen molar-refractivity contribution in [2.45, 2.75) is 38.2 Å². The van der Waals surface area contributed by atoms with Crippen LogP contribution in [-0.4, -0.2) is 76.6 Å². The van der Waals surface area contributed by atoms with E-state index in [1.165, 1.54) is 5.56 Å². The van der Waals surface area contributed by atoms with Crippen LogP contribution in [0.15, 0.2) is 42.7 Å². The number of ether oxygens (including phenoxy) is 2. The number of amides is 2. The standard InChI is InChI=1S/C24H30N4O4/c1-2-27-14-16-31-20-10-4-3-8-19(20)9-5-6-11-24(23(27)30)18-28(15-17-32-24)22(29)21-25-12-7-13-26-21/h3-4,7-8,10,12-13H,2,5-6,9,11,14-18H2,1H3. The lowest BCUT2D eigenvalue weighted by Gasteiger charge is -2.43. The maximum absolute atomic E-state index is 13.7. The minimum atomic E-state index is -1.06. The van der Waals surface area contributed by atoms with Crippen LogP contribution in [-0.2, 0) is 16.0 Å². The summed E-state index contributed by atoms with van der Waals surface area (Å²) in [5.74, 6) is 0.679. The van der Waals surface area contributed by atoms with Crippen LogP contribution < -0.4 is 4.74 Å². The summed E-state index contributed by atoms with van der Waals surface area (Å²) in [4.78, 5) is 38.3. The van der Waals surface area contributed by atoms with Crippen molar-refractivity contribution in [3.05, 3.63) is 54.1 Å². The van der Waals surface area contributed by atoms with E-state index in [2.05, 4.69) is 16.0 Å². The third-order valence-electron chi connectivity index (χ3n) is 6.16. The highest BCUT2D eigenvalue weighted by molar-refractivity contribution is 5.92. The van der Waals surface area contributed by atoms with E-state index in [-0.39, 0.29) is 24.2 Å². The second kappa shape index (κ2) is 10.1. The number of carbonyl (C=O) groups is 2. The van der Waals surface area contributed by atoms with E-state index in [1.807, 2.05) is 25.1 Å². The van der Waals surface area contributed by atoms with E-state index in [9.17, 15) is 9.59 Å². The van der Waals surface area contributed by atoms with Crippen LogP contribution in [0.4, 0.5) is 0 Å². The van der Waals surface area contributed by atoms with Crippen molar-refractivity contribution in [2.24, 2.45) is 0 Å². The van der Waals surface area contributed by atoms with Gasteiger partial charge in [-0.25, -0.2) is 9.97 Å². The molecule has 2 aromatic rings. The SMILES string of the molecule is CCN1CCOc2ccccc2CCCCC2(CN(C(=O)c3ncccn3)CCO2)C1=O. The molecule has 2 aliphatic rings. The summed E-state index contributed by atoms with van der Waals surface area (Å²) < 4.78 is 12.2. The van der Waals surface area contributed by atoms with Crippen LogP contribution in [0.25, 0.3) is 0 Å². The van der Waals surface area contributed by atoms with E-state index in [0.29, 0.717) is 39.3 Å². The summed E-state index contributed by atoms with van der Waals surface area (Å²) in [5, 5.41) is 0. The number of morpholine rings is 1. The molecule has 1 spiro atoms. The summed E-state index contributed by atoms with van der Waals surface area (Å²) in [6.45, 7) is 4.30. The molecule has 8 nitrogen and oxygen atoms in total. The summed E-state index contributed by atoms with van der Waals surface area (Å²) in [7, 11) is 0. The van der Waals surface area contributed by atoms with Crippen LogP contribution in [0.1, 0.15) is 42.4 Å². The zero-order chi connectivity index (χ0) is 22.4. The molecular formula is C24H30N4O4. The van der Waals surface area contributed by atoms with Gasteiger partial charge in [-0.3, -0.25) is 9.59 Å². The molecule has 1 unspecified atom stereocenters. The van der Waals surface area contributed by atoms with Gasteiger partial charge in [-0.15, -0.1) is 0 Å². The van der Waals surface area contributed by atoms with Crippen LogP contribution >= 0.6 is 0 Å². The Kier molecular flexibility index (Phi) is 6.99. The molecule has 32 heavy (non-hydrogen) atoms. The fraction of sp³-hybridized carbons (Fsp3) is 0.500. The first kappa shape index (κ1) is 22.2. The van der Waals surface area contributed by atoms with Gasteiger partial charge in [-0.1, -0.05) is 18.2 Å². The number of fused-ring (bicyclic) bond motifs is 1. The number of likely N-dealkylation sites (N-methyl/N-ethyl adjacent to an activating group) is 1. The molecule has 2 aliphatic heterocycles. The van der Waals surface area contributed by atoms with Crippen LogP contribution in [0.5, 0.6) is 5.75 Å². The van der Waals surface area contributed by atoms with Gasteiger partial charge in [-0.2, -0.15) is 0 Å². The lowest BCUT2D eigenvalue weighted by molar-refractivity contribution is -0.170. The Morgan fingerprint density at radius 1 is 1.09 bits per heavy atom. The topological polar surface area (TPSA) is 84.9 Å². The highest BCUT2D eigenvalue weighted by atomic mass is 16.5. The second-order valence-electron chi connectivity index (χ2n) is 8.19. The number of carbonyl (C=O) groups excluding carboxylic acids is 2. The molecule has 1 fully saturated rings. The van der Waals surface area contributed by atoms with Gasteiger partial charge in [0.25, 0.3) is 11.8 Å². The fourth-order valence-corrected chi connectivity index (χ4v) is 4.43. The van der Waals surface area contributed by atoms with Crippen molar-refractivity contribution in [1.82, 2.24) is 19.8 Å². The Bertz CT molecular complexity index is 939. The summed E-state index contributed by atoms with van der Waals surface area (Å²) in [6.07, 6.45) is 6.24. The molecule has 0 aliphatic carbocycles. The zero-order valence-electron chi connectivity index (χ0n) is 18.5. The zero-order valence-corrected chi connectivity index (χ0v) is 18.5. The van der Waals surface area contributed by atoms with Gasteiger partial charge < -0.3 is 19.3 Å². The predicted molar refractivity (Wildman–Crippen MR) is 118 cm³/mol. The highest BCUT2D eigenvalue weighted by Gasteiger charge is 2.46. The number of aryl methyl sites for hydroxylation is 1. The molecule has 0 N–H and O–H groups in total. The fourth-order valence-electron chi connectivity index (χ4n) is 4.43. The van der Waals surface area contributed by atoms with Gasteiger partial charge in [0.2, 0.25) is 5.82 Å². The van der Waals surface area contributed by atoms with Crippen LogP contribution in [0, 0.1) is 0 Å². The van der Waals surface area contributed by atoms with E-state index in [4.69, 9.17) is 9.47 Å². The summed E-state index contributed by atoms with van der Waals surface area (Å²) in [6, 6.07) is 9.75.